The van der Waals surface area contributed by atoms with Crippen molar-refractivity contribution in [2.24, 2.45) is 5.73 Å². The lowest BCUT2D eigenvalue weighted by atomic mass is 10.2. The third-order valence-corrected chi connectivity index (χ3v) is 4.00. The topological polar surface area (TPSA) is 38.0 Å². The Kier molecular flexibility index (Phi) is 3.93. The molecule has 1 heterocycles. The van der Waals surface area contributed by atoms with Crippen LogP contribution in [0.2, 0.25) is 0 Å². The fourth-order valence-electron chi connectivity index (χ4n) is 1.74. The van der Waals surface area contributed by atoms with Crippen LogP contribution in [0.5, 0.6) is 0 Å². The highest BCUT2D eigenvalue weighted by Crippen LogP contribution is 2.29. The van der Waals surface area contributed by atoms with Gasteiger partial charge in [0.05, 0.1) is 0 Å². The molecular weight excluding hydrogens is 216 g/mol. The van der Waals surface area contributed by atoms with Gasteiger partial charge in [-0.1, -0.05) is 18.2 Å². The van der Waals surface area contributed by atoms with Crippen LogP contribution in [0.15, 0.2) is 30.3 Å². The number of nitrogens with two attached hydrogens (primary N) is 1. The van der Waals surface area contributed by atoms with E-state index in [0.717, 1.165) is 19.5 Å². The van der Waals surface area contributed by atoms with E-state index in [1.165, 1.54) is 15.0 Å². The van der Waals surface area contributed by atoms with Gasteiger partial charge in [-0.2, -0.15) is 0 Å². The molecule has 0 aliphatic rings. The van der Waals surface area contributed by atoms with Gasteiger partial charge < -0.3 is 11.1 Å². The molecule has 3 heteroatoms. The quantitative estimate of drug-likeness (QED) is 0.781. The van der Waals surface area contributed by atoms with Gasteiger partial charge in [0, 0.05) is 15.6 Å². The minimum absolute atomic E-state index is 0.420. The number of hydrogen-bond donors (Lipinski definition) is 2. The summed E-state index contributed by atoms with van der Waals surface area (Å²) in [7, 11) is 0. The summed E-state index contributed by atoms with van der Waals surface area (Å²) in [6.07, 6.45) is 1.04. The highest BCUT2D eigenvalue weighted by molar-refractivity contribution is 7.19. The maximum absolute atomic E-state index is 5.48. The molecule has 1 aromatic carbocycles. The van der Waals surface area contributed by atoms with E-state index >= 15 is 0 Å². The molecule has 16 heavy (non-hydrogen) atoms. The second-order valence-electron chi connectivity index (χ2n) is 4.00. The Balaban J connectivity index is 2.07. The largest absolute Gasteiger partial charge is 0.330 e. The van der Waals surface area contributed by atoms with Crippen molar-refractivity contribution in [2.45, 2.75) is 19.4 Å². The number of nitrogens with one attached hydrogen (secondary N) is 1. The first-order chi connectivity index (χ1) is 7.81. The predicted molar refractivity (Wildman–Crippen MR) is 71.9 cm³/mol. The standard InChI is InChI=1S/C13H18N2S/c1-10(15-8-4-7-14)13-9-11-5-2-3-6-12(11)16-13/h2-3,5-6,9-10,15H,4,7-8,14H2,1H3. The molecule has 0 saturated carbocycles. The minimum Gasteiger partial charge on any atom is -0.330 e. The molecule has 0 aliphatic carbocycles. The summed E-state index contributed by atoms with van der Waals surface area (Å²) in [5, 5.41) is 4.83. The van der Waals surface area contributed by atoms with Crippen molar-refractivity contribution < 1.29 is 0 Å². The van der Waals surface area contributed by atoms with Gasteiger partial charge in [-0.3, -0.25) is 0 Å². The zero-order chi connectivity index (χ0) is 11.4. The summed E-state index contributed by atoms with van der Waals surface area (Å²) < 4.78 is 1.37. The molecule has 0 saturated heterocycles. The molecule has 1 atom stereocenters. The van der Waals surface area contributed by atoms with E-state index in [-0.39, 0.29) is 0 Å². The molecular formula is C13H18N2S. The Morgan fingerprint density at radius 2 is 2.19 bits per heavy atom. The first kappa shape index (κ1) is 11.6. The van der Waals surface area contributed by atoms with Gasteiger partial charge in [0.2, 0.25) is 0 Å². The summed E-state index contributed by atoms with van der Waals surface area (Å²) in [5.41, 5.74) is 5.48. The molecule has 1 unspecified atom stereocenters. The summed E-state index contributed by atoms with van der Waals surface area (Å²) >= 11 is 1.87. The van der Waals surface area contributed by atoms with Crippen LogP contribution >= 0.6 is 11.3 Å². The van der Waals surface area contributed by atoms with Crippen LogP contribution in [0.1, 0.15) is 24.3 Å². The summed E-state index contributed by atoms with van der Waals surface area (Å²) in [5.74, 6) is 0. The Labute approximate surface area is 100 Å². The van der Waals surface area contributed by atoms with E-state index in [9.17, 15) is 0 Å². The van der Waals surface area contributed by atoms with E-state index in [1.807, 2.05) is 11.3 Å². The Morgan fingerprint density at radius 1 is 1.38 bits per heavy atom. The first-order valence-electron chi connectivity index (χ1n) is 5.73. The molecule has 0 amide bonds. The highest BCUT2D eigenvalue weighted by Gasteiger charge is 2.08. The Bertz CT molecular complexity index is 417. The van der Waals surface area contributed by atoms with Crippen molar-refractivity contribution in [3.8, 4) is 0 Å². The zero-order valence-corrected chi connectivity index (χ0v) is 10.4. The van der Waals surface area contributed by atoms with Crippen molar-refractivity contribution in [3.05, 3.63) is 35.2 Å². The maximum atomic E-state index is 5.48. The van der Waals surface area contributed by atoms with Crippen LogP contribution in [0.3, 0.4) is 0 Å². The van der Waals surface area contributed by atoms with Crippen molar-refractivity contribution >= 4 is 21.4 Å². The molecule has 2 aromatic rings. The molecule has 2 rings (SSSR count). The van der Waals surface area contributed by atoms with E-state index in [0.29, 0.717) is 6.04 Å². The third kappa shape index (κ3) is 2.61. The fourth-order valence-corrected chi connectivity index (χ4v) is 2.83. The van der Waals surface area contributed by atoms with Crippen LogP contribution in [0.4, 0.5) is 0 Å². The van der Waals surface area contributed by atoms with Gasteiger partial charge in [-0.15, -0.1) is 11.3 Å². The average molecular weight is 234 g/mol. The van der Waals surface area contributed by atoms with Crippen LogP contribution in [0.25, 0.3) is 10.1 Å². The molecule has 0 fully saturated rings. The molecule has 0 aliphatic heterocycles. The number of benzene rings is 1. The third-order valence-electron chi connectivity index (χ3n) is 2.70. The molecule has 86 valence electrons. The SMILES string of the molecule is CC(NCCCN)c1cc2ccccc2s1. The van der Waals surface area contributed by atoms with E-state index in [4.69, 9.17) is 5.73 Å². The van der Waals surface area contributed by atoms with Crippen LogP contribution in [-0.2, 0) is 0 Å². The maximum Gasteiger partial charge on any atom is 0.0386 e. The van der Waals surface area contributed by atoms with Gasteiger partial charge in [-0.25, -0.2) is 0 Å². The smallest absolute Gasteiger partial charge is 0.0386 e. The second kappa shape index (κ2) is 5.43. The minimum atomic E-state index is 0.420. The molecule has 3 N–H and O–H groups in total. The van der Waals surface area contributed by atoms with E-state index < -0.39 is 0 Å². The lowest BCUT2D eigenvalue weighted by Gasteiger charge is -2.10. The van der Waals surface area contributed by atoms with Crippen LogP contribution in [-0.4, -0.2) is 13.1 Å². The number of thiophene rings is 1. The van der Waals surface area contributed by atoms with Gasteiger partial charge in [0.1, 0.15) is 0 Å². The second-order valence-corrected chi connectivity index (χ2v) is 5.12. The summed E-state index contributed by atoms with van der Waals surface area (Å²) in [6.45, 7) is 3.96. The van der Waals surface area contributed by atoms with E-state index in [1.54, 1.807) is 0 Å². The number of rotatable bonds is 5. The van der Waals surface area contributed by atoms with Crippen LogP contribution in [0, 0.1) is 0 Å². The zero-order valence-electron chi connectivity index (χ0n) is 9.57. The normalized spacial score (nSPS) is 13.1. The van der Waals surface area contributed by atoms with Crippen molar-refractivity contribution in [1.82, 2.24) is 5.32 Å². The van der Waals surface area contributed by atoms with Gasteiger partial charge in [0.15, 0.2) is 0 Å². The molecule has 2 nitrogen and oxygen atoms in total. The molecule has 0 spiro atoms. The van der Waals surface area contributed by atoms with Crippen molar-refractivity contribution in [2.75, 3.05) is 13.1 Å². The van der Waals surface area contributed by atoms with Gasteiger partial charge >= 0.3 is 0 Å². The Hall–Kier alpha value is -0.900. The lowest BCUT2D eigenvalue weighted by molar-refractivity contribution is 0.569. The predicted octanol–water partition coefficient (Wildman–Crippen LogP) is 2.90. The van der Waals surface area contributed by atoms with Crippen LogP contribution < -0.4 is 11.1 Å². The highest BCUT2D eigenvalue weighted by atomic mass is 32.1. The average Bonchev–Trinajstić information content (AvgIpc) is 2.73. The monoisotopic (exact) mass is 234 g/mol. The molecule has 0 bridgehead atoms. The number of fused-ring (bicyclic) bond motifs is 1. The van der Waals surface area contributed by atoms with Crippen molar-refractivity contribution in [3.63, 3.8) is 0 Å². The summed E-state index contributed by atoms with van der Waals surface area (Å²) in [4.78, 5) is 1.40. The first-order valence-corrected chi connectivity index (χ1v) is 6.55. The fraction of sp³-hybridized carbons (Fsp3) is 0.385. The van der Waals surface area contributed by atoms with E-state index in [2.05, 4.69) is 42.6 Å². The van der Waals surface area contributed by atoms with Crippen molar-refractivity contribution in [1.29, 1.82) is 0 Å². The van der Waals surface area contributed by atoms with Gasteiger partial charge in [-0.05, 0) is 44.0 Å². The molecule has 0 radical (unpaired) electrons. The van der Waals surface area contributed by atoms with Gasteiger partial charge in [0.25, 0.3) is 0 Å². The number of hydrogen-bond acceptors (Lipinski definition) is 3. The Morgan fingerprint density at radius 3 is 2.94 bits per heavy atom. The molecule has 1 aromatic heterocycles. The summed E-state index contributed by atoms with van der Waals surface area (Å²) in [6, 6.07) is 11.2. The lowest BCUT2D eigenvalue weighted by Crippen LogP contribution is -2.21.